The Hall–Kier alpha value is -2.82. The zero-order valence-electron chi connectivity index (χ0n) is 21.0. The molecule has 38 heavy (non-hydrogen) atoms. The van der Waals surface area contributed by atoms with Gasteiger partial charge in [0.25, 0.3) is 0 Å². The molecule has 0 unspecified atom stereocenters. The summed E-state index contributed by atoms with van der Waals surface area (Å²) in [7, 11) is 1.58. The van der Waals surface area contributed by atoms with E-state index in [0.29, 0.717) is 55.3 Å². The van der Waals surface area contributed by atoms with E-state index in [2.05, 4.69) is 9.88 Å². The van der Waals surface area contributed by atoms with E-state index >= 15 is 0 Å². The molecule has 0 amide bonds. The Morgan fingerprint density at radius 3 is 2.79 bits per heavy atom. The molecule has 0 aliphatic carbocycles. The van der Waals surface area contributed by atoms with Gasteiger partial charge in [0.2, 0.25) is 0 Å². The second kappa shape index (κ2) is 12.4. The highest BCUT2D eigenvalue weighted by molar-refractivity contribution is 7.99. The molecule has 1 saturated heterocycles. The van der Waals surface area contributed by atoms with Gasteiger partial charge in [-0.15, -0.1) is 11.8 Å². The highest BCUT2D eigenvalue weighted by atomic mass is 32.2. The van der Waals surface area contributed by atoms with E-state index in [9.17, 15) is 28.2 Å². The van der Waals surface area contributed by atoms with Crippen LogP contribution in [0.2, 0.25) is 0 Å². The standard InChI is InChI=1S/C28H31F3N2O4S/c1-37-20-6-7-25-23(16-20)22(9-11-32-25)26(34)8-5-18-10-12-33(17-24(18)27(35)36)13-14-38-21-4-2-3-19(15-21)28(29,30)31/h2-4,6-7,9,11,15-16,18,24,26,34H,5,8,10,12-14,17H2,1H3,(H,35,36)/t18-,24+,26+/m1/s1. The first-order valence-electron chi connectivity index (χ1n) is 12.5. The molecule has 2 heterocycles. The first-order chi connectivity index (χ1) is 18.2. The molecule has 10 heteroatoms. The second-order valence-corrected chi connectivity index (χ2v) is 10.7. The number of aliphatic carboxylic acids is 1. The van der Waals surface area contributed by atoms with Crippen molar-refractivity contribution in [1.29, 1.82) is 0 Å². The molecule has 204 valence electrons. The smallest absolute Gasteiger partial charge is 0.416 e. The number of benzene rings is 2. The first-order valence-corrected chi connectivity index (χ1v) is 13.5. The van der Waals surface area contributed by atoms with Crippen molar-refractivity contribution in [2.75, 3.05) is 32.5 Å². The van der Waals surface area contributed by atoms with Crippen LogP contribution in [-0.2, 0) is 11.0 Å². The number of carboxylic acid groups (broad SMARTS) is 1. The molecule has 2 aromatic carbocycles. The average molecular weight is 549 g/mol. The van der Waals surface area contributed by atoms with Crippen LogP contribution in [-0.4, -0.2) is 58.6 Å². The van der Waals surface area contributed by atoms with Gasteiger partial charge in [0.1, 0.15) is 5.75 Å². The number of likely N-dealkylation sites (tertiary alicyclic amines) is 1. The summed E-state index contributed by atoms with van der Waals surface area (Å²) in [6.45, 7) is 1.68. The summed E-state index contributed by atoms with van der Waals surface area (Å²) < 4.78 is 44.2. The number of alkyl halides is 3. The number of aliphatic hydroxyl groups is 1. The number of halogens is 3. The summed E-state index contributed by atoms with van der Waals surface area (Å²) >= 11 is 1.33. The monoisotopic (exact) mass is 548 g/mol. The molecule has 0 spiro atoms. The third-order valence-corrected chi connectivity index (χ3v) is 8.12. The lowest BCUT2D eigenvalue weighted by Gasteiger charge is -2.37. The van der Waals surface area contributed by atoms with Crippen molar-refractivity contribution in [1.82, 2.24) is 9.88 Å². The quantitative estimate of drug-likeness (QED) is 0.306. The minimum atomic E-state index is -4.38. The van der Waals surface area contributed by atoms with E-state index in [0.717, 1.165) is 28.6 Å². The Morgan fingerprint density at radius 1 is 1.24 bits per heavy atom. The van der Waals surface area contributed by atoms with E-state index in [1.807, 2.05) is 18.2 Å². The number of piperidine rings is 1. The van der Waals surface area contributed by atoms with Crippen LogP contribution in [0.4, 0.5) is 13.2 Å². The number of aliphatic hydroxyl groups excluding tert-OH is 1. The third-order valence-electron chi connectivity index (χ3n) is 7.15. The summed E-state index contributed by atoms with van der Waals surface area (Å²) in [5, 5.41) is 21.7. The summed E-state index contributed by atoms with van der Waals surface area (Å²) in [4.78, 5) is 19.0. The van der Waals surface area contributed by atoms with Crippen LogP contribution in [0.1, 0.15) is 36.5 Å². The second-order valence-electron chi connectivity index (χ2n) is 9.54. The molecule has 1 aliphatic heterocycles. The Kier molecular flexibility index (Phi) is 9.17. The van der Waals surface area contributed by atoms with Gasteiger partial charge in [-0.3, -0.25) is 9.78 Å². The SMILES string of the molecule is COc1ccc2nccc([C@@H](O)CC[C@@H]3CCN(CCSc4cccc(C(F)(F)F)c4)C[C@@H]3C(=O)O)c2c1. The lowest BCUT2D eigenvalue weighted by molar-refractivity contribution is -0.146. The number of methoxy groups -OCH3 is 1. The molecular weight excluding hydrogens is 517 g/mol. The Morgan fingerprint density at radius 2 is 2.05 bits per heavy atom. The van der Waals surface area contributed by atoms with Crippen LogP contribution >= 0.6 is 11.8 Å². The summed E-state index contributed by atoms with van der Waals surface area (Å²) in [6, 6.07) is 12.5. The summed E-state index contributed by atoms with van der Waals surface area (Å²) in [6.07, 6.45) is -1.80. The van der Waals surface area contributed by atoms with Crippen molar-refractivity contribution in [3.8, 4) is 5.75 Å². The number of hydrogen-bond acceptors (Lipinski definition) is 6. The van der Waals surface area contributed by atoms with Gasteiger partial charge in [-0.2, -0.15) is 13.2 Å². The fourth-order valence-corrected chi connectivity index (χ4v) is 6.01. The van der Waals surface area contributed by atoms with Crippen molar-refractivity contribution in [2.24, 2.45) is 11.8 Å². The number of pyridine rings is 1. The molecule has 4 rings (SSSR count). The number of thioether (sulfide) groups is 1. The molecule has 3 aromatic rings. The fourth-order valence-electron chi connectivity index (χ4n) is 5.04. The van der Waals surface area contributed by atoms with Gasteiger partial charge < -0.3 is 19.8 Å². The number of hydrogen-bond donors (Lipinski definition) is 2. The van der Waals surface area contributed by atoms with Crippen molar-refractivity contribution in [2.45, 2.75) is 36.4 Å². The number of rotatable bonds is 10. The number of fused-ring (bicyclic) bond motifs is 1. The molecule has 2 N–H and O–H groups in total. The van der Waals surface area contributed by atoms with Gasteiger partial charge in [-0.05, 0) is 79.8 Å². The number of carboxylic acids is 1. The van der Waals surface area contributed by atoms with Crippen LogP contribution in [0.5, 0.6) is 5.75 Å². The van der Waals surface area contributed by atoms with Gasteiger partial charge in [0, 0.05) is 35.3 Å². The summed E-state index contributed by atoms with van der Waals surface area (Å²) in [5.41, 5.74) is 0.822. The third kappa shape index (κ3) is 6.98. The zero-order chi connectivity index (χ0) is 27.3. The molecule has 1 aliphatic rings. The van der Waals surface area contributed by atoms with E-state index in [1.165, 1.54) is 17.8 Å². The zero-order valence-corrected chi connectivity index (χ0v) is 21.8. The molecule has 0 saturated carbocycles. The topological polar surface area (TPSA) is 82.9 Å². The average Bonchev–Trinajstić information content (AvgIpc) is 2.91. The molecule has 0 bridgehead atoms. The van der Waals surface area contributed by atoms with Crippen LogP contribution in [0.15, 0.2) is 59.6 Å². The summed E-state index contributed by atoms with van der Waals surface area (Å²) in [5.74, 6) is -0.265. The minimum Gasteiger partial charge on any atom is -0.497 e. The van der Waals surface area contributed by atoms with Crippen LogP contribution in [0.25, 0.3) is 10.9 Å². The lowest BCUT2D eigenvalue weighted by atomic mass is 9.81. The molecular formula is C28H31F3N2O4S. The Balaban J connectivity index is 1.32. The lowest BCUT2D eigenvalue weighted by Crippen LogP contribution is -2.44. The Labute approximate surface area is 223 Å². The van der Waals surface area contributed by atoms with Crippen molar-refractivity contribution >= 4 is 28.6 Å². The van der Waals surface area contributed by atoms with E-state index in [-0.39, 0.29) is 5.92 Å². The molecule has 0 radical (unpaired) electrons. The largest absolute Gasteiger partial charge is 0.497 e. The van der Waals surface area contributed by atoms with Gasteiger partial charge in [-0.25, -0.2) is 0 Å². The van der Waals surface area contributed by atoms with Gasteiger partial charge in [-0.1, -0.05) is 6.07 Å². The highest BCUT2D eigenvalue weighted by Gasteiger charge is 2.34. The van der Waals surface area contributed by atoms with Crippen molar-refractivity contribution < 1.29 is 32.9 Å². The normalized spacial score (nSPS) is 19.4. The van der Waals surface area contributed by atoms with Crippen LogP contribution in [0, 0.1) is 11.8 Å². The van der Waals surface area contributed by atoms with Crippen LogP contribution in [0.3, 0.4) is 0 Å². The fraction of sp³-hybridized carbons (Fsp3) is 0.429. The van der Waals surface area contributed by atoms with Crippen molar-refractivity contribution in [3.05, 3.63) is 65.9 Å². The maximum absolute atomic E-state index is 12.9. The predicted octanol–water partition coefficient (Wildman–Crippen LogP) is 5.89. The van der Waals surface area contributed by atoms with E-state index in [4.69, 9.17) is 4.74 Å². The minimum absolute atomic E-state index is 0.0721. The maximum Gasteiger partial charge on any atom is 0.416 e. The first kappa shape index (κ1) is 28.2. The molecule has 1 fully saturated rings. The van der Waals surface area contributed by atoms with Gasteiger partial charge in [0.15, 0.2) is 0 Å². The number of carbonyl (C=O) groups is 1. The molecule has 3 atom stereocenters. The maximum atomic E-state index is 12.9. The van der Waals surface area contributed by atoms with E-state index in [1.54, 1.807) is 25.4 Å². The Bertz CT molecular complexity index is 1260. The number of nitrogens with zero attached hydrogens (tertiary/aromatic N) is 2. The van der Waals surface area contributed by atoms with E-state index < -0.39 is 29.7 Å². The number of ether oxygens (including phenoxy) is 1. The predicted molar refractivity (Wildman–Crippen MR) is 140 cm³/mol. The van der Waals surface area contributed by atoms with Crippen LogP contribution < -0.4 is 4.74 Å². The van der Waals surface area contributed by atoms with Gasteiger partial charge >= 0.3 is 12.1 Å². The molecule has 1 aromatic heterocycles. The highest BCUT2D eigenvalue weighted by Crippen LogP contribution is 2.35. The van der Waals surface area contributed by atoms with Gasteiger partial charge in [0.05, 0.1) is 30.2 Å². The van der Waals surface area contributed by atoms with Crippen molar-refractivity contribution in [3.63, 3.8) is 0 Å². The number of aromatic nitrogens is 1. The molecule has 6 nitrogen and oxygen atoms in total.